The average Bonchev–Trinajstić information content (AvgIpc) is 3.26. The number of benzene rings is 1. The van der Waals surface area contributed by atoms with Gasteiger partial charge in [-0.25, -0.2) is 9.56 Å². The number of carbonyl (C=O) groups is 1. The van der Waals surface area contributed by atoms with E-state index in [1.807, 2.05) is 0 Å². The van der Waals surface area contributed by atoms with Crippen LogP contribution >= 0.6 is 22.9 Å². The quantitative estimate of drug-likeness (QED) is 0.412. The maximum absolute atomic E-state index is 13.2. The minimum Gasteiger partial charge on any atom is -0.320 e. The standard InChI is InChI=1S/C19H17ClF3N5OS/c1-9-15(30-8-26-9)17(25)27-7-10-5-6-13(16(27)24)28(10)18(29)11-3-2-4-12(14(11)20)19(21,22)23/h2-4,8,10,13,24-25H,5-7H2,1H3/p+1/t10-,13+/m0/s1. The van der Waals surface area contributed by atoms with Crippen molar-refractivity contribution in [2.75, 3.05) is 6.54 Å². The van der Waals surface area contributed by atoms with Gasteiger partial charge in [-0.1, -0.05) is 17.7 Å². The van der Waals surface area contributed by atoms with Gasteiger partial charge in [-0.15, -0.1) is 11.3 Å². The first-order valence-electron chi connectivity index (χ1n) is 9.18. The Labute approximate surface area is 179 Å². The molecule has 158 valence electrons. The number of nitrogens with two attached hydrogens (primary N) is 1. The molecule has 3 N–H and O–H groups in total. The third-order valence-corrected chi connectivity index (χ3v) is 6.89. The van der Waals surface area contributed by atoms with Crippen molar-refractivity contribution in [2.24, 2.45) is 5.73 Å². The molecular weight excluding hydrogens is 439 g/mol. The van der Waals surface area contributed by atoms with Gasteiger partial charge in [-0.3, -0.25) is 4.79 Å². The zero-order valence-electron chi connectivity index (χ0n) is 15.8. The smallest absolute Gasteiger partial charge is 0.320 e. The summed E-state index contributed by atoms with van der Waals surface area (Å²) in [5.74, 6) is -0.0340. The predicted molar refractivity (Wildman–Crippen MR) is 107 cm³/mol. The summed E-state index contributed by atoms with van der Waals surface area (Å²) in [5, 5.41) is 7.93. The summed E-state index contributed by atoms with van der Waals surface area (Å²) in [6.45, 7) is 2.10. The molecule has 1 aromatic heterocycles. The van der Waals surface area contributed by atoms with Gasteiger partial charge in [0.25, 0.3) is 11.7 Å². The van der Waals surface area contributed by atoms with E-state index in [0.29, 0.717) is 30.1 Å². The Kier molecular flexibility index (Phi) is 5.09. The second-order valence-corrected chi connectivity index (χ2v) is 8.51. The molecule has 2 aliphatic rings. The van der Waals surface area contributed by atoms with E-state index in [0.717, 1.165) is 11.8 Å². The highest BCUT2D eigenvalue weighted by Crippen LogP contribution is 2.38. The number of amides is 1. The Morgan fingerprint density at radius 3 is 2.77 bits per heavy atom. The van der Waals surface area contributed by atoms with Crippen molar-refractivity contribution in [3.8, 4) is 0 Å². The van der Waals surface area contributed by atoms with Gasteiger partial charge in [0.05, 0.1) is 39.9 Å². The summed E-state index contributed by atoms with van der Waals surface area (Å²) in [5.41, 5.74) is 7.48. The number of carbonyl (C=O) groups excluding carboxylic acids is 1. The van der Waals surface area contributed by atoms with Gasteiger partial charge < -0.3 is 10.6 Å². The molecule has 0 radical (unpaired) electrons. The van der Waals surface area contributed by atoms with E-state index >= 15 is 0 Å². The second-order valence-electron chi connectivity index (χ2n) is 7.28. The van der Waals surface area contributed by atoms with Crippen LogP contribution in [-0.2, 0) is 6.18 Å². The molecule has 2 aromatic rings. The molecule has 11 heteroatoms. The van der Waals surface area contributed by atoms with Crippen molar-refractivity contribution in [3.05, 3.63) is 50.4 Å². The van der Waals surface area contributed by atoms with E-state index in [2.05, 4.69) is 4.98 Å². The molecule has 1 amide bonds. The molecule has 1 aromatic carbocycles. The maximum atomic E-state index is 13.2. The van der Waals surface area contributed by atoms with E-state index in [4.69, 9.17) is 22.7 Å². The van der Waals surface area contributed by atoms with E-state index in [1.165, 1.54) is 28.4 Å². The Balaban J connectivity index is 1.69. The lowest BCUT2D eigenvalue weighted by atomic mass is 10.1. The first kappa shape index (κ1) is 20.8. The fraction of sp³-hybridized carbons (Fsp3) is 0.368. The number of nitrogens with zero attached hydrogens (tertiary/aromatic N) is 3. The van der Waals surface area contributed by atoms with Crippen molar-refractivity contribution in [1.29, 1.82) is 5.41 Å². The lowest BCUT2D eigenvalue weighted by molar-refractivity contribution is -0.425. The topological polar surface area (TPSA) is 86.1 Å². The van der Waals surface area contributed by atoms with Crippen LogP contribution in [0, 0.1) is 12.3 Å². The molecule has 2 bridgehead atoms. The van der Waals surface area contributed by atoms with Crippen LogP contribution in [0.5, 0.6) is 0 Å². The Hall–Kier alpha value is -2.46. The predicted octanol–water partition coefficient (Wildman–Crippen LogP) is 3.51. The Morgan fingerprint density at radius 2 is 2.13 bits per heavy atom. The molecule has 0 unspecified atom stereocenters. The SMILES string of the molecule is Cc1ncsc1C(=N)[N+]1=C(N)[C@H]2CC[C@@H](C1)N2C(=O)c1cccc(C(F)(F)F)c1Cl. The highest BCUT2D eigenvalue weighted by atomic mass is 35.5. The van der Waals surface area contributed by atoms with Gasteiger partial charge in [-0.2, -0.15) is 18.6 Å². The molecule has 2 atom stereocenters. The largest absolute Gasteiger partial charge is 0.417 e. The molecular formula is C19H18ClF3N5OS+. The lowest BCUT2D eigenvalue weighted by Crippen LogP contribution is -2.58. The number of thiazole rings is 1. The van der Waals surface area contributed by atoms with Crippen LogP contribution in [0.15, 0.2) is 23.7 Å². The van der Waals surface area contributed by atoms with Crippen molar-refractivity contribution in [3.63, 3.8) is 0 Å². The van der Waals surface area contributed by atoms with Crippen LogP contribution in [0.25, 0.3) is 0 Å². The Bertz CT molecular complexity index is 1080. The van der Waals surface area contributed by atoms with E-state index in [9.17, 15) is 18.0 Å². The Morgan fingerprint density at radius 1 is 1.40 bits per heavy atom. The first-order valence-corrected chi connectivity index (χ1v) is 10.4. The number of halogens is 4. The minimum absolute atomic E-state index is 0.196. The number of hydrogen-bond donors (Lipinski definition) is 2. The van der Waals surface area contributed by atoms with Gasteiger partial charge in [-0.05, 0) is 31.9 Å². The molecule has 6 nitrogen and oxygen atoms in total. The van der Waals surface area contributed by atoms with Gasteiger partial charge in [0.15, 0.2) is 0 Å². The lowest BCUT2D eigenvalue weighted by Gasteiger charge is -2.34. The van der Waals surface area contributed by atoms with Crippen molar-refractivity contribution in [2.45, 2.75) is 38.0 Å². The first-order chi connectivity index (χ1) is 14.1. The van der Waals surface area contributed by atoms with Crippen molar-refractivity contribution in [1.82, 2.24) is 9.88 Å². The van der Waals surface area contributed by atoms with Crippen LogP contribution in [0.3, 0.4) is 0 Å². The third kappa shape index (κ3) is 3.27. The van der Waals surface area contributed by atoms with Crippen LogP contribution < -0.4 is 5.73 Å². The van der Waals surface area contributed by atoms with Crippen LogP contribution in [0.4, 0.5) is 13.2 Å². The number of rotatable bonds is 2. The number of hydrogen-bond acceptors (Lipinski definition) is 5. The summed E-state index contributed by atoms with van der Waals surface area (Å²) in [4.78, 5) is 19.6. The summed E-state index contributed by atoms with van der Waals surface area (Å²) in [6.07, 6.45) is -3.44. The van der Waals surface area contributed by atoms with Crippen molar-refractivity contribution < 1.29 is 22.5 Å². The number of alkyl halides is 3. The third-order valence-electron chi connectivity index (χ3n) is 5.55. The van der Waals surface area contributed by atoms with Gasteiger partial charge in [0.1, 0.15) is 10.9 Å². The van der Waals surface area contributed by atoms with E-state index < -0.39 is 28.7 Å². The van der Waals surface area contributed by atoms with Crippen molar-refractivity contribution >= 4 is 40.5 Å². The second kappa shape index (κ2) is 7.35. The van der Waals surface area contributed by atoms with Crippen LogP contribution in [0.2, 0.25) is 5.02 Å². The number of amidine groups is 2. The zero-order chi connectivity index (χ0) is 21.8. The molecule has 0 saturated carbocycles. The molecule has 1 saturated heterocycles. The number of aromatic nitrogens is 1. The van der Waals surface area contributed by atoms with E-state index in [1.54, 1.807) is 17.0 Å². The van der Waals surface area contributed by atoms with Crippen LogP contribution in [-0.4, -0.2) is 50.7 Å². The van der Waals surface area contributed by atoms with Gasteiger partial charge >= 0.3 is 6.18 Å². The van der Waals surface area contributed by atoms with Gasteiger partial charge in [0.2, 0.25) is 5.84 Å². The monoisotopic (exact) mass is 456 g/mol. The zero-order valence-corrected chi connectivity index (χ0v) is 17.4. The highest BCUT2D eigenvalue weighted by molar-refractivity contribution is 7.11. The van der Waals surface area contributed by atoms with Crippen LogP contribution in [0.1, 0.15) is 39.3 Å². The molecule has 30 heavy (non-hydrogen) atoms. The molecule has 3 heterocycles. The highest BCUT2D eigenvalue weighted by Gasteiger charge is 2.48. The summed E-state index contributed by atoms with van der Waals surface area (Å²) < 4.78 is 41.3. The number of fused-ring (bicyclic) bond motifs is 2. The fourth-order valence-corrected chi connectivity index (χ4v) is 5.16. The summed E-state index contributed by atoms with van der Waals surface area (Å²) >= 11 is 7.30. The average molecular weight is 457 g/mol. The molecule has 4 rings (SSSR count). The van der Waals surface area contributed by atoms with Gasteiger partial charge in [0, 0.05) is 0 Å². The van der Waals surface area contributed by atoms with E-state index in [-0.39, 0.29) is 17.4 Å². The molecule has 2 aliphatic heterocycles. The molecule has 0 aliphatic carbocycles. The minimum atomic E-state index is -4.65. The fourth-order valence-electron chi connectivity index (χ4n) is 4.08. The summed E-state index contributed by atoms with van der Waals surface area (Å²) in [7, 11) is 0. The molecule has 0 spiro atoms. The number of aryl methyl sites for hydroxylation is 1. The number of nitrogens with one attached hydrogen (secondary N) is 1. The summed E-state index contributed by atoms with van der Waals surface area (Å²) in [6, 6.07) is 2.54. The normalized spacial score (nSPS) is 21.3. The molecule has 1 fully saturated rings. The maximum Gasteiger partial charge on any atom is 0.417 e.